The van der Waals surface area contributed by atoms with Gasteiger partial charge in [-0.2, -0.15) is 0 Å². The minimum absolute atomic E-state index is 0.0811. The molecule has 0 aromatic heterocycles. The lowest BCUT2D eigenvalue weighted by molar-refractivity contribution is 0.175. The average Bonchev–Trinajstić information content (AvgIpc) is 2.53. The summed E-state index contributed by atoms with van der Waals surface area (Å²) in [6.45, 7) is 0.0811. The maximum absolute atomic E-state index is 11.9. The Bertz CT molecular complexity index is 652. The number of hydrogen-bond donors (Lipinski definition) is 3. The standard InChI is InChI=1S/C16H17ClN2O2S/c1-22-12-6-4-5-11(9-12)19-16(21)18-10-15(20)13-7-2-3-8-14(13)17/h2-9,15,20H,10H2,1H3,(H2,18,19,21). The summed E-state index contributed by atoms with van der Waals surface area (Å²) in [6, 6.07) is 14.2. The lowest BCUT2D eigenvalue weighted by Crippen LogP contribution is -2.32. The molecule has 0 aliphatic carbocycles. The molecular weight excluding hydrogens is 320 g/mol. The number of aliphatic hydroxyl groups excluding tert-OH is 1. The number of halogens is 1. The average molecular weight is 337 g/mol. The van der Waals surface area contributed by atoms with Crippen molar-refractivity contribution in [1.29, 1.82) is 0 Å². The largest absolute Gasteiger partial charge is 0.387 e. The first kappa shape index (κ1) is 16.7. The van der Waals surface area contributed by atoms with Gasteiger partial charge in [0.1, 0.15) is 0 Å². The fraction of sp³-hybridized carbons (Fsp3) is 0.188. The highest BCUT2D eigenvalue weighted by Gasteiger charge is 2.12. The third-order valence-electron chi connectivity index (χ3n) is 3.05. The molecule has 1 atom stereocenters. The fourth-order valence-electron chi connectivity index (χ4n) is 1.92. The second kappa shape index (κ2) is 8.08. The molecule has 2 rings (SSSR count). The predicted octanol–water partition coefficient (Wildman–Crippen LogP) is 3.92. The van der Waals surface area contributed by atoms with Crippen LogP contribution in [0.3, 0.4) is 0 Å². The van der Waals surface area contributed by atoms with Gasteiger partial charge < -0.3 is 15.7 Å². The number of anilines is 1. The van der Waals surface area contributed by atoms with Crippen LogP contribution in [-0.4, -0.2) is 23.9 Å². The van der Waals surface area contributed by atoms with Crippen molar-refractivity contribution in [2.24, 2.45) is 0 Å². The van der Waals surface area contributed by atoms with Crippen LogP contribution in [0.2, 0.25) is 5.02 Å². The second-order valence-corrected chi connectivity index (χ2v) is 5.89. The number of carbonyl (C=O) groups is 1. The molecule has 0 radical (unpaired) electrons. The van der Waals surface area contributed by atoms with Crippen LogP contribution in [0.5, 0.6) is 0 Å². The molecule has 0 saturated carbocycles. The molecule has 0 fully saturated rings. The molecule has 0 heterocycles. The van der Waals surface area contributed by atoms with Crippen LogP contribution < -0.4 is 10.6 Å². The molecular formula is C16H17ClN2O2S. The first-order valence-corrected chi connectivity index (χ1v) is 8.32. The van der Waals surface area contributed by atoms with Crippen molar-refractivity contribution in [3.05, 3.63) is 59.1 Å². The van der Waals surface area contributed by atoms with Gasteiger partial charge in [-0.3, -0.25) is 0 Å². The fourth-order valence-corrected chi connectivity index (χ4v) is 2.64. The Balaban J connectivity index is 1.88. The van der Waals surface area contributed by atoms with Crippen LogP contribution >= 0.6 is 23.4 Å². The van der Waals surface area contributed by atoms with Crippen molar-refractivity contribution < 1.29 is 9.90 Å². The Morgan fingerprint density at radius 1 is 1.27 bits per heavy atom. The molecule has 2 aromatic carbocycles. The maximum atomic E-state index is 11.9. The van der Waals surface area contributed by atoms with E-state index < -0.39 is 6.10 Å². The van der Waals surface area contributed by atoms with Crippen molar-refractivity contribution in [3.8, 4) is 0 Å². The van der Waals surface area contributed by atoms with E-state index in [1.165, 1.54) is 0 Å². The third-order valence-corrected chi connectivity index (χ3v) is 4.12. The number of benzene rings is 2. The lowest BCUT2D eigenvalue weighted by atomic mass is 10.1. The molecule has 116 valence electrons. The molecule has 0 spiro atoms. The number of aliphatic hydroxyl groups is 1. The number of thioether (sulfide) groups is 1. The van der Waals surface area contributed by atoms with Gasteiger partial charge in [-0.1, -0.05) is 35.9 Å². The van der Waals surface area contributed by atoms with Crippen molar-refractivity contribution in [3.63, 3.8) is 0 Å². The van der Waals surface area contributed by atoms with Crippen molar-refractivity contribution in [2.45, 2.75) is 11.0 Å². The van der Waals surface area contributed by atoms with Crippen molar-refractivity contribution in [2.75, 3.05) is 18.1 Å². The molecule has 22 heavy (non-hydrogen) atoms. The Kier molecular flexibility index (Phi) is 6.12. The van der Waals surface area contributed by atoms with Gasteiger partial charge in [-0.15, -0.1) is 11.8 Å². The van der Waals surface area contributed by atoms with Gasteiger partial charge in [0, 0.05) is 27.7 Å². The Morgan fingerprint density at radius 3 is 2.77 bits per heavy atom. The highest BCUT2D eigenvalue weighted by Crippen LogP contribution is 2.22. The normalized spacial score (nSPS) is 11.8. The lowest BCUT2D eigenvalue weighted by Gasteiger charge is -2.14. The minimum atomic E-state index is -0.850. The van der Waals surface area contributed by atoms with E-state index in [0.29, 0.717) is 16.3 Å². The monoisotopic (exact) mass is 336 g/mol. The summed E-state index contributed by atoms with van der Waals surface area (Å²) in [4.78, 5) is 12.9. The van der Waals surface area contributed by atoms with Gasteiger partial charge >= 0.3 is 6.03 Å². The summed E-state index contributed by atoms with van der Waals surface area (Å²) >= 11 is 7.61. The minimum Gasteiger partial charge on any atom is -0.387 e. The number of nitrogens with one attached hydrogen (secondary N) is 2. The van der Waals surface area contributed by atoms with E-state index in [0.717, 1.165) is 4.90 Å². The molecule has 2 aromatic rings. The Hall–Kier alpha value is -1.69. The summed E-state index contributed by atoms with van der Waals surface area (Å²) in [5.74, 6) is 0. The van der Waals surface area contributed by atoms with E-state index in [4.69, 9.17) is 11.6 Å². The van der Waals surface area contributed by atoms with E-state index in [1.54, 1.807) is 36.0 Å². The number of urea groups is 1. The second-order valence-electron chi connectivity index (χ2n) is 4.60. The van der Waals surface area contributed by atoms with Gasteiger partial charge in [0.2, 0.25) is 0 Å². The molecule has 3 N–H and O–H groups in total. The molecule has 0 aliphatic heterocycles. The first-order valence-electron chi connectivity index (χ1n) is 6.71. The van der Waals surface area contributed by atoms with Crippen LogP contribution in [-0.2, 0) is 0 Å². The zero-order chi connectivity index (χ0) is 15.9. The van der Waals surface area contributed by atoms with Crippen molar-refractivity contribution >= 4 is 35.1 Å². The topological polar surface area (TPSA) is 61.4 Å². The van der Waals surface area contributed by atoms with Crippen LogP contribution in [0.25, 0.3) is 0 Å². The summed E-state index contributed by atoms with van der Waals surface area (Å²) in [5, 5.41) is 15.9. The van der Waals surface area contributed by atoms with E-state index >= 15 is 0 Å². The van der Waals surface area contributed by atoms with Gasteiger partial charge in [0.15, 0.2) is 0 Å². The first-order chi connectivity index (χ1) is 10.6. The van der Waals surface area contributed by atoms with E-state index in [9.17, 15) is 9.90 Å². The van der Waals surface area contributed by atoms with Crippen LogP contribution in [0.15, 0.2) is 53.4 Å². The molecule has 1 unspecified atom stereocenters. The zero-order valence-corrected chi connectivity index (χ0v) is 13.6. The molecule has 6 heteroatoms. The van der Waals surface area contributed by atoms with Crippen LogP contribution in [0.4, 0.5) is 10.5 Å². The van der Waals surface area contributed by atoms with Gasteiger partial charge in [-0.05, 0) is 30.5 Å². The highest BCUT2D eigenvalue weighted by atomic mass is 35.5. The predicted molar refractivity (Wildman–Crippen MR) is 91.7 cm³/mol. The summed E-state index contributed by atoms with van der Waals surface area (Å²) in [6.07, 6.45) is 1.12. The molecule has 0 saturated heterocycles. The molecule has 2 amide bonds. The summed E-state index contributed by atoms with van der Waals surface area (Å²) in [5.41, 5.74) is 1.30. The number of hydrogen-bond acceptors (Lipinski definition) is 3. The maximum Gasteiger partial charge on any atom is 0.319 e. The smallest absolute Gasteiger partial charge is 0.319 e. The molecule has 4 nitrogen and oxygen atoms in total. The Morgan fingerprint density at radius 2 is 2.05 bits per heavy atom. The van der Waals surface area contributed by atoms with Gasteiger partial charge in [0.05, 0.1) is 6.10 Å². The zero-order valence-electron chi connectivity index (χ0n) is 12.0. The summed E-state index contributed by atoms with van der Waals surface area (Å²) < 4.78 is 0. The van der Waals surface area contributed by atoms with Crippen LogP contribution in [0, 0.1) is 0 Å². The number of rotatable bonds is 5. The van der Waals surface area contributed by atoms with Gasteiger partial charge in [-0.25, -0.2) is 4.79 Å². The summed E-state index contributed by atoms with van der Waals surface area (Å²) in [7, 11) is 0. The molecule has 0 bridgehead atoms. The van der Waals surface area contributed by atoms with E-state index in [1.807, 2.05) is 30.5 Å². The number of carbonyl (C=O) groups excluding carboxylic acids is 1. The van der Waals surface area contributed by atoms with Crippen molar-refractivity contribution in [1.82, 2.24) is 5.32 Å². The number of amides is 2. The Labute approximate surface area is 138 Å². The highest BCUT2D eigenvalue weighted by molar-refractivity contribution is 7.98. The van der Waals surface area contributed by atoms with E-state index in [2.05, 4.69) is 10.6 Å². The van der Waals surface area contributed by atoms with Gasteiger partial charge in [0.25, 0.3) is 0 Å². The van der Waals surface area contributed by atoms with Crippen LogP contribution in [0.1, 0.15) is 11.7 Å². The molecule has 0 aliphatic rings. The SMILES string of the molecule is CSc1cccc(NC(=O)NCC(O)c2ccccc2Cl)c1. The van der Waals surface area contributed by atoms with E-state index in [-0.39, 0.29) is 12.6 Å². The quantitative estimate of drug-likeness (QED) is 0.725. The third kappa shape index (κ3) is 4.66.